The Labute approximate surface area is 127 Å². The highest BCUT2D eigenvalue weighted by Gasteiger charge is 2.24. The van der Waals surface area contributed by atoms with Crippen molar-refractivity contribution in [2.45, 2.75) is 52.1 Å². The summed E-state index contributed by atoms with van der Waals surface area (Å²) in [4.78, 5) is 14.8. The molecule has 0 bridgehead atoms. The summed E-state index contributed by atoms with van der Waals surface area (Å²) in [5.74, 6) is -0.117. The Morgan fingerprint density at radius 3 is 2.71 bits per heavy atom. The van der Waals surface area contributed by atoms with Gasteiger partial charge in [0.1, 0.15) is 5.75 Å². The van der Waals surface area contributed by atoms with Gasteiger partial charge in [0.05, 0.1) is 5.56 Å². The van der Waals surface area contributed by atoms with Gasteiger partial charge in [-0.05, 0) is 45.2 Å². The van der Waals surface area contributed by atoms with Crippen molar-refractivity contribution in [1.29, 1.82) is 0 Å². The molecular formula is C17H26N2O2. The summed E-state index contributed by atoms with van der Waals surface area (Å²) in [6.07, 6.45) is 3.11. The molecule has 1 amide bonds. The Morgan fingerprint density at radius 2 is 2.10 bits per heavy atom. The van der Waals surface area contributed by atoms with Crippen LogP contribution in [0.2, 0.25) is 0 Å². The van der Waals surface area contributed by atoms with E-state index in [0.29, 0.717) is 11.6 Å². The highest BCUT2D eigenvalue weighted by molar-refractivity contribution is 5.97. The second-order valence-electron chi connectivity index (χ2n) is 6.06. The van der Waals surface area contributed by atoms with Crippen LogP contribution in [0.1, 0.15) is 49.0 Å². The van der Waals surface area contributed by atoms with E-state index in [4.69, 9.17) is 0 Å². The molecule has 1 fully saturated rings. The van der Waals surface area contributed by atoms with E-state index in [1.165, 1.54) is 0 Å². The number of carbonyl (C=O) groups is 1. The first kappa shape index (κ1) is 15.8. The molecule has 1 aromatic carbocycles. The summed E-state index contributed by atoms with van der Waals surface area (Å²) in [5.41, 5.74) is 1.35. The fraction of sp³-hybridized carbons (Fsp3) is 0.588. The van der Waals surface area contributed by atoms with Crippen LogP contribution in [-0.4, -0.2) is 41.1 Å². The second kappa shape index (κ2) is 6.94. The molecule has 1 aliphatic heterocycles. The van der Waals surface area contributed by atoms with E-state index in [1.807, 2.05) is 6.92 Å². The summed E-state index contributed by atoms with van der Waals surface area (Å²) < 4.78 is 0. The van der Waals surface area contributed by atoms with Gasteiger partial charge in [-0.25, -0.2) is 0 Å². The smallest absolute Gasteiger partial charge is 0.255 e. The number of piperidine rings is 1. The number of phenols is 1. The lowest BCUT2D eigenvalue weighted by atomic mass is 10.0. The third-order valence-electron chi connectivity index (χ3n) is 4.48. The van der Waals surface area contributed by atoms with Gasteiger partial charge in [-0.15, -0.1) is 0 Å². The Bertz CT molecular complexity index is 494. The predicted molar refractivity (Wildman–Crippen MR) is 84.7 cm³/mol. The molecule has 1 heterocycles. The van der Waals surface area contributed by atoms with Crippen LogP contribution >= 0.6 is 0 Å². The third-order valence-corrected chi connectivity index (χ3v) is 4.48. The number of aromatic hydroxyl groups is 1. The molecule has 1 saturated heterocycles. The number of rotatable bonds is 4. The van der Waals surface area contributed by atoms with Crippen molar-refractivity contribution in [3.8, 4) is 5.75 Å². The molecule has 0 aromatic heterocycles. The van der Waals surface area contributed by atoms with Crippen LogP contribution in [0.15, 0.2) is 18.2 Å². The van der Waals surface area contributed by atoms with E-state index in [2.05, 4.69) is 24.1 Å². The van der Waals surface area contributed by atoms with Crippen LogP contribution in [0.5, 0.6) is 5.75 Å². The van der Waals surface area contributed by atoms with Gasteiger partial charge in [0.15, 0.2) is 0 Å². The Hall–Kier alpha value is -1.55. The molecule has 0 spiro atoms. The molecule has 1 aliphatic rings. The molecule has 0 saturated carbocycles. The number of nitrogens with zero attached hydrogens (tertiary/aromatic N) is 1. The van der Waals surface area contributed by atoms with E-state index < -0.39 is 0 Å². The van der Waals surface area contributed by atoms with Crippen LogP contribution in [0.25, 0.3) is 0 Å². The lowest BCUT2D eigenvalue weighted by Crippen LogP contribution is -2.47. The van der Waals surface area contributed by atoms with E-state index in [1.54, 1.807) is 18.2 Å². The lowest BCUT2D eigenvalue weighted by molar-refractivity contribution is 0.0892. The standard InChI is InChI=1S/C17H26N2O2/c1-4-13(3)19-9-7-14(8-10-19)18-17(21)15-11-12(2)5-6-16(15)20/h5-6,11,13-14,20H,4,7-10H2,1-3H3,(H,18,21). The number of likely N-dealkylation sites (tertiary alicyclic amines) is 1. The van der Waals surface area contributed by atoms with E-state index in [9.17, 15) is 9.90 Å². The maximum atomic E-state index is 12.3. The van der Waals surface area contributed by atoms with Crippen molar-refractivity contribution in [2.24, 2.45) is 0 Å². The Balaban J connectivity index is 1.91. The van der Waals surface area contributed by atoms with Crippen LogP contribution < -0.4 is 5.32 Å². The van der Waals surface area contributed by atoms with Crippen molar-refractivity contribution < 1.29 is 9.90 Å². The molecule has 1 atom stereocenters. The highest BCUT2D eigenvalue weighted by Crippen LogP contribution is 2.20. The quantitative estimate of drug-likeness (QED) is 0.896. The summed E-state index contributed by atoms with van der Waals surface area (Å²) >= 11 is 0. The molecule has 21 heavy (non-hydrogen) atoms. The van der Waals surface area contributed by atoms with Gasteiger partial charge in [0, 0.05) is 25.2 Å². The zero-order valence-electron chi connectivity index (χ0n) is 13.2. The Kier molecular flexibility index (Phi) is 5.23. The number of hydrogen-bond donors (Lipinski definition) is 2. The zero-order valence-corrected chi connectivity index (χ0v) is 13.2. The minimum atomic E-state index is -0.168. The lowest BCUT2D eigenvalue weighted by Gasteiger charge is -2.36. The van der Waals surface area contributed by atoms with Gasteiger partial charge in [-0.3, -0.25) is 4.79 Å². The third kappa shape index (κ3) is 3.97. The largest absolute Gasteiger partial charge is 0.507 e. The first-order valence-corrected chi connectivity index (χ1v) is 7.85. The minimum Gasteiger partial charge on any atom is -0.507 e. The van der Waals surface area contributed by atoms with Crippen molar-refractivity contribution in [3.05, 3.63) is 29.3 Å². The van der Waals surface area contributed by atoms with E-state index in [-0.39, 0.29) is 17.7 Å². The van der Waals surface area contributed by atoms with E-state index in [0.717, 1.165) is 37.9 Å². The second-order valence-corrected chi connectivity index (χ2v) is 6.06. The maximum Gasteiger partial charge on any atom is 0.255 e. The van der Waals surface area contributed by atoms with Crippen LogP contribution in [0.4, 0.5) is 0 Å². The van der Waals surface area contributed by atoms with Crippen molar-refractivity contribution in [3.63, 3.8) is 0 Å². The average Bonchev–Trinajstić information content (AvgIpc) is 2.49. The van der Waals surface area contributed by atoms with Gasteiger partial charge in [0.25, 0.3) is 5.91 Å². The average molecular weight is 290 g/mol. The number of phenolic OH excluding ortho intramolecular Hbond substituents is 1. The minimum absolute atomic E-state index is 0.0511. The van der Waals surface area contributed by atoms with Gasteiger partial charge in [0.2, 0.25) is 0 Å². The molecule has 0 aliphatic carbocycles. The van der Waals surface area contributed by atoms with Crippen molar-refractivity contribution in [2.75, 3.05) is 13.1 Å². The topological polar surface area (TPSA) is 52.6 Å². The summed E-state index contributed by atoms with van der Waals surface area (Å²) in [5, 5.41) is 12.9. The monoisotopic (exact) mass is 290 g/mol. The number of carbonyl (C=O) groups excluding carboxylic acids is 1. The summed E-state index contributed by atoms with van der Waals surface area (Å²) in [6.45, 7) is 8.43. The maximum absolute atomic E-state index is 12.3. The molecule has 4 nitrogen and oxygen atoms in total. The molecule has 1 unspecified atom stereocenters. The number of aryl methyl sites for hydroxylation is 1. The molecule has 0 radical (unpaired) electrons. The first-order chi connectivity index (χ1) is 10.0. The number of benzene rings is 1. The highest BCUT2D eigenvalue weighted by atomic mass is 16.3. The molecule has 2 N–H and O–H groups in total. The summed E-state index contributed by atoms with van der Waals surface area (Å²) in [6, 6.07) is 5.94. The molecule has 116 valence electrons. The van der Waals surface area contributed by atoms with Crippen molar-refractivity contribution in [1.82, 2.24) is 10.2 Å². The van der Waals surface area contributed by atoms with E-state index >= 15 is 0 Å². The van der Waals surface area contributed by atoms with Crippen molar-refractivity contribution >= 4 is 5.91 Å². The fourth-order valence-corrected chi connectivity index (χ4v) is 2.84. The van der Waals surface area contributed by atoms with Crippen LogP contribution in [0, 0.1) is 6.92 Å². The predicted octanol–water partition coefficient (Wildman–Crippen LogP) is 2.69. The van der Waals surface area contributed by atoms with Crippen LogP contribution in [-0.2, 0) is 0 Å². The number of nitrogens with one attached hydrogen (secondary N) is 1. The fourth-order valence-electron chi connectivity index (χ4n) is 2.84. The summed E-state index contributed by atoms with van der Waals surface area (Å²) in [7, 11) is 0. The first-order valence-electron chi connectivity index (χ1n) is 7.85. The molecular weight excluding hydrogens is 264 g/mol. The van der Waals surface area contributed by atoms with Gasteiger partial charge in [-0.2, -0.15) is 0 Å². The van der Waals surface area contributed by atoms with Gasteiger partial charge >= 0.3 is 0 Å². The zero-order chi connectivity index (χ0) is 15.4. The molecule has 1 aromatic rings. The Morgan fingerprint density at radius 1 is 1.43 bits per heavy atom. The van der Waals surface area contributed by atoms with Crippen LogP contribution in [0.3, 0.4) is 0 Å². The van der Waals surface area contributed by atoms with Gasteiger partial charge in [-0.1, -0.05) is 18.6 Å². The SMILES string of the molecule is CCC(C)N1CCC(NC(=O)c2cc(C)ccc2O)CC1. The van der Waals surface area contributed by atoms with Gasteiger partial charge < -0.3 is 15.3 Å². The number of amides is 1. The molecule has 4 heteroatoms. The molecule has 2 rings (SSSR count). The normalized spacial score (nSPS) is 18.4. The number of hydrogen-bond acceptors (Lipinski definition) is 3.